The molecule has 1 aliphatic heterocycles. The van der Waals surface area contributed by atoms with Crippen LogP contribution in [-0.4, -0.2) is 46.4 Å². The molecule has 0 amide bonds. The summed E-state index contributed by atoms with van der Waals surface area (Å²) >= 11 is 0. The van der Waals surface area contributed by atoms with Crippen molar-refractivity contribution in [1.82, 2.24) is 9.97 Å². The SMILES string of the molecule is Cc1cc(-c2ccc(N3CCCN(c4ccc(-c5cc(C)c(O)c(C)c5)cn4)CC3)nc2)cc(C)c1O. The molecule has 190 valence electrons. The van der Waals surface area contributed by atoms with Gasteiger partial charge in [0.2, 0.25) is 0 Å². The fourth-order valence-electron chi connectivity index (χ4n) is 5.11. The Kier molecular flexibility index (Phi) is 6.74. The van der Waals surface area contributed by atoms with Crippen molar-refractivity contribution in [2.75, 3.05) is 36.0 Å². The molecule has 1 aliphatic rings. The average molecular weight is 495 g/mol. The second-order valence-electron chi connectivity index (χ2n) is 10.1. The van der Waals surface area contributed by atoms with Crippen LogP contribution in [-0.2, 0) is 0 Å². The number of nitrogens with zero attached hydrogens (tertiary/aromatic N) is 4. The van der Waals surface area contributed by atoms with E-state index in [1.807, 2.05) is 64.4 Å². The lowest BCUT2D eigenvalue weighted by atomic mass is 10.0. The highest BCUT2D eigenvalue weighted by atomic mass is 16.3. The Morgan fingerprint density at radius 1 is 0.541 bits per heavy atom. The highest BCUT2D eigenvalue weighted by molar-refractivity contribution is 5.68. The first-order chi connectivity index (χ1) is 17.8. The molecule has 0 unspecified atom stereocenters. The Balaban J connectivity index is 1.26. The van der Waals surface area contributed by atoms with Crippen molar-refractivity contribution < 1.29 is 10.2 Å². The van der Waals surface area contributed by atoms with E-state index in [0.29, 0.717) is 11.5 Å². The van der Waals surface area contributed by atoms with E-state index in [4.69, 9.17) is 9.97 Å². The van der Waals surface area contributed by atoms with Crippen molar-refractivity contribution in [3.63, 3.8) is 0 Å². The minimum Gasteiger partial charge on any atom is -0.507 e. The Labute approximate surface area is 218 Å². The third-order valence-electron chi connectivity index (χ3n) is 7.29. The predicted octanol–water partition coefficient (Wildman–Crippen LogP) is 6.17. The van der Waals surface area contributed by atoms with Crippen LogP contribution in [0, 0.1) is 27.7 Å². The number of pyridine rings is 2. The smallest absolute Gasteiger partial charge is 0.128 e. The van der Waals surface area contributed by atoms with Gasteiger partial charge in [-0.15, -0.1) is 0 Å². The van der Waals surface area contributed by atoms with E-state index in [2.05, 4.69) is 34.1 Å². The molecule has 0 saturated carbocycles. The van der Waals surface area contributed by atoms with Crippen molar-refractivity contribution in [2.45, 2.75) is 34.1 Å². The summed E-state index contributed by atoms with van der Waals surface area (Å²) in [6, 6.07) is 16.4. The summed E-state index contributed by atoms with van der Waals surface area (Å²) in [5.41, 5.74) is 7.75. The number of anilines is 2. The Morgan fingerprint density at radius 3 is 1.24 bits per heavy atom. The second kappa shape index (κ2) is 10.1. The maximum absolute atomic E-state index is 10.1. The molecule has 0 atom stereocenters. The summed E-state index contributed by atoms with van der Waals surface area (Å²) in [6.45, 7) is 11.4. The van der Waals surface area contributed by atoms with E-state index >= 15 is 0 Å². The van der Waals surface area contributed by atoms with Gasteiger partial charge in [0.15, 0.2) is 0 Å². The van der Waals surface area contributed by atoms with Crippen LogP contribution in [0.2, 0.25) is 0 Å². The first-order valence-electron chi connectivity index (χ1n) is 12.8. The first-order valence-corrected chi connectivity index (χ1v) is 12.8. The number of hydrogen-bond donors (Lipinski definition) is 2. The van der Waals surface area contributed by atoms with Crippen LogP contribution in [0.3, 0.4) is 0 Å². The van der Waals surface area contributed by atoms with Gasteiger partial charge in [0, 0.05) is 49.7 Å². The quantitative estimate of drug-likeness (QED) is 0.353. The van der Waals surface area contributed by atoms with E-state index in [1.165, 1.54) is 0 Å². The summed E-state index contributed by atoms with van der Waals surface area (Å²) in [7, 11) is 0. The lowest BCUT2D eigenvalue weighted by Gasteiger charge is -2.23. The number of rotatable bonds is 4. The molecular formula is C31H34N4O2. The zero-order chi connectivity index (χ0) is 26.1. The summed E-state index contributed by atoms with van der Waals surface area (Å²) in [5.74, 6) is 2.69. The van der Waals surface area contributed by atoms with E-state index in [1.54, 1.807) is 0 Å². The van der Waals surface area contributed by atoms with Gasteiger partial charge in [-0.1, -0.05) is 0 Å². The zero-order valence-corrected chi connectivity index (χ0v) is 22.0. The van der Waals surface area contributed by atoms with Gasteiger partial charge in [0.1, 0.15) is 23.1 Å². The van der Waals surface area contributed by atoms with Gasteiger partial charge in [0.25, 0.3) is 0 Å². The summed E-state index contributed by atoms with van der Waals surface area (Å²) in [6.07, 6.45) is 4.88. The standard InChI is InChI=1S/C31H34N4O2/c1-20-14-26(15-21(2)30(20)36)24-6-8-28(32-18-24)34-10-5-11-35(13-12-34)29-9-7-25(19-33-29)27-16-22(3)31(37)23(4)17-27/h6-9,14-19,36-37H,5,10-13H2,1-4H3. The molecule has 0 spiro atoms. The molecule has 2 aromatic heterocycles. The van der Waals surface area contributed by atoms with Crippen LogP contribution in [0.1, 0.15) is 28.7 Å². The molecule has 37 heavy (non-hydrogen) atoms. The Bertz CT molecular complexity index is 1260. The van der Waals surface area contributed by atoms with Crippen molar-refractivity contribution in [2.24, 2.45) is 0 Å². The fourth-order valence-corrected chi connectivity index (χ4v) is 5.11. The van der Waals surface area contributed by atoms with E-state index in [0.717, 1.165) is 88.7 Å². The highest BCUT2D eigenvalue weighted by Crippen LogP contribution is 2.31. The number of phenols is 2. The lowest BCUT2D eigenvalue weighted by Crippen LogP contribution is -2.31. The molecule has 5 rings (SSSR count). The molecular weight excluding hydrogens is 460 g/mol. The third-order valence-corrected chi connectivity index (χ3v) is 7.29. The monoisotopic (exact) mass is 494 g/mol. The highest BCUT2D eigenvalue weighted by Gasteiger charge is 2.18. The number of hydrogen-bond acceptors (Lipinski definition) is 6. The first kappa shape index (κ1) is 24.6. The van der Waals surface area contributed by atoms with E-state index in [9.17, 15) is 10.2 Å². The van der Waals surface area contributed by atoms with Gasteiger partial charge in [-0.2, -0.15) is 0 Å². The topological polar surface area (TPSA) is 72.7 Å². The van der Waals surface area contributed by atoms with Gasteiger partial charge < -0.3 is 20.0 Å². The molecule has 4 aromatic rings. The van der Waals surface area contributed by atoms with E-state index in [-0.39, 0.29) is 0 Å². The molecule has 0 radical (unpaired) electrons. The van der Waals surface area contributed by atoms with E-state index < -0.39 is 0 Å². The molecule has 2 aromatic carbocycles. The number of aryl methyl sites for hydroxylation is 4. The Hall–Kier alpha value is -4.06. The van der Waals surface area contributed by atoms with Gasteiger partial charge in [-0.05, 0) is 116 Å². The molecule has 3 heterocycles. The molecule has 6 heteroatoms. The van der Waals surface area contributed by atoms with Crippen LogP contribution in [0.5, 0.6) is 11.5 Å². The van der Waals surface area contributed by atoms with Crippen LogP contribution >= 0.6 is 0 Å². The van der Waals surface area contributed by atoms with Gasteiger partial charge in [-0.25, -0.2) is 9.97 Å². The number of benzene rings is 2. The molecule has 0 aliphatic carbocycles. The number of phenolic OH excluding ortho intramolecular Hbond substituents is 2. The maximum atomic E-state index is 10.1. The third kappa shape index (κ3) is 5.10. The Morgan fingerprint density at radius 2 is 0.919 bits per heavy atom. The number of aromatic hydroxyl groups is 2. The van der Waals surface area contributed by atoms with Crippen LogP contribution < -0.4 is 9.80 Å². The summed E-state index contributed by atoms with van der Waals surface area (Å²) in [5, 5.41) is 20.2. The molecule has 1 saturated heterocycles. The molecule has 0 bridgehead atoms. The van der Waals surface area contributed by atoms with Gasteiger partial charge >= 0.3 is 0 Å². The molecule has 6 nitrogen and oxygen atoms in total. The predicted molar refractivity (Wildman–Crippen MR) is 151 cm³/mol. The second-order valence-corrected chi connectivity index (χ2v) is 10.1. The summed E-state index contributed by atoms with van der Waals surface area (Å²) < 4.78 is 0. The molecule has 2 N–H and O–H groups in total. The van der Waals surface area contributed by atoms with Crippen LogP contribution in [0.15, 0.2) is 60.9 Å². The van der Waals surface area contributed by atoms with Crippen molar-refractivity contribution in [1.29, 1.82) is 0 Å². The van der Waals surface area contributed by atoms with Crippen molar-refractivity contribution in [3.05, 3.63) is 83.2 Å². The van der Waals surface area contributed by atoms with Crippen LogP contribution in [0.25, 0.3) is 22.3 Å². The molecule has 1 fully saturated rings. The summed E-state index contributed by atoms with van der Waals surface area (Å²) in [4.78, 5) is 14.2. The average Bonchev–Trinajstić information content (AvgIpc) is 3.16. The number of aromatic nitrogens is 2. The van der Waals surface area contributed by atoms with Crippen molar-refractivity contribution in [3.8, 4) is 33.8 Å². The largest absolute Gasteiger partial charge is 0.507 e. The van der Waals surface area contributed by atoms with Gasteiger partial charge in [-0.3, -0.25) is 0 Å². The minimum absolute atomic E-state index is 0.358. The minimum atomic E-state index is 0.358. The maximum Gasteiger partial charge on any atom is 0.128 e. The lowest BCUT2D eigenvalue weighted by molar-refractivity contribution is 0.466. The van der Waals surface area contributed by atoms with Gasteiger partial charge in [0.05, 0.1) is 0 Å². The normalized spacial score (nSPS) is 14.1. The fraction of sp³-hybridized carbons (Fsp3) is 0.290. The zero-order valence-electron chi connectivity index (χ0n) is 22.0. The van der Waals surface area contributed by atoms with Crippen LogP contribution in [0.4, 0.5) is 11.6 Å². The van der Waals surface area contributed by atoms with Crippen molar-refractivity contribution >= 4 is 11.6 Å².